The summed E-state index contributed by atoms with van der Waals surface area (Å²) in [6, 6.07) is 13.0. The lowest BCUT2D eigenvalue weighted by atomic mass is 9.80. The van der Waals surface area contributed by atoms with E-state index in [1.54, 1.807) is 13.2 Å². The van der Waals surface area contributed by atoms with E-state index in [0.29, 0.717) is 11.5 Å². The van der Waals surface area contributed by atoms with Crippen LogP contribution in [-0.4, -0.2) is 19.7 Å². The van der Waals surface area contributed by atoms with Crippen LogP contribution in [0.3, 0.4) is 0 Å². The van der Waals surface area contributed by atoms with Gasteiger partial charge >= 0.3 is 5.97 Å². The molecule has 0 bridgehead atoms. The Kier molecular flexibility index (Phi) is 4.43. The predicted octanol–water partition coefficient (Wildman–Crippen LogP) is 3.51. The van der Waals surface area contributed by atoms with Crippen molar-refractivity contribution in [2.24, 2.45) is 0 Å². The minimum atomic E-state index is -0.346. The Bertz CT molecular complexity index is 786. The molecule has 0 aliphatic carbocycles. The molecule has 0 aromatic heterocycles. The molecule has 24 heavy (non-hydrogen) atoms. The quantitative estimate of drug-likeness (QED) is 0.491. The zero-order valence-corrected chi connectivity index (χ0v) is 13.6. The average molecular weight is 322 g/mol. The number of carbonyl (C=O) groups is 1. The Hall–Kier alpha value is -2.93. The monoisotopic (exact) mass is 322 g/mol. The summed E-state index contributed by atoms with van der Waals surface area (Å²) in [4.78, 5) is 12.5. The molecule has 0 N–H and O–H groups in total. The third-order valence-electron chi connectivity index (χ3n) is 4.24. The zero-order chi connectivity index (χ0) is 17.1. The van der Waals surface area contributed by atoms with Gasteiger partial charge in [0.05, 0.1) is 13.0 Å². The van der Waals surface area contributed by atoms with Crippen LogP contribution in [0.15, 0.2) is 42.5 Å². The van der Waals surface area contributed by atoms with E-state index >= 15 is 0 Å². The highest BCUT2D eigenvalue weighted by Gasteiger charge is 2.36. The van der Waals surface area contributed by atoms with Gasteiger partial charge in [0.25, 0.3) is 0 Å². The van der Waals surface area contributed by atoms with Crippen LogP contribution in [0.4, 0.5) is 0 Å². The number of carbonyl (C=O) groups excluding carboxylic acids is 1. The molecular formula is C20H18O4. The van der Waals surface area contributed by atoms with Crippen LogP contribution in [0, 0.1) is 12.3 Å². The second kappa shape index (κ2) is 6.67. The van der Waals surface area contributed by atoms with Gasteiger partial charge in [0.1, 0.15) is 23.9 Å². The molecule has 1 aliphatic rings. The van der Waals surface area contributed by atoms with Crippen molar-refractivity contribution in [3.05, 3.63) is 53.6 Å². The van der Waals surface area contributed by atoms with Gasteiger partial charge in [0, 0.05) is 12.0 Å². The lowest BCUT2D eigenvalue weighted by Crippen LogP contribution is -2.28. The van der Waals surface area contributed by atoms with Gasteiger partial charge in [-0.2, -0.15) is 0 Å². The van der Waals surface area contributed by atoms with E-state index < -0.39 is 0 Å². The van der Waals surface area contributed by atoms with Crippen molar-refractivity contribution in [2.75, 3.05) is 13.7 Å². The second-order valence-electron chi connectivity index (χ2n) is 5.65. The first-order valence-electron chi connectivity index (χ1n) is 7.70. The van der Waals surface area contributed by atoms with Gasteiger partial charge in [-0.25, -0.2) is 0 Å². The lowest BCUT2D eigenvalue weighted by molar-refractivity contribution is -0.137. The minimum absolute atomic E-state index is 0.00340. The van der Waals surface area contributed by atoms with Crippen molar-refractivity contribution in [1.82, 2.24) is 0 Å². The Morgan fingerprint density at radius 3 is 2.54 bits per heavy atom. The molecular weight excluding hydrogens is 304 g/mol. The van der Waals surface area contributed by atoms with Crippen LogP contribution in [0.25, 0.3) is 0 Å². The Morgan fingerprint density at radius 2 is 1.88 bits per heavy atom. The number of terminal acetylenes is 1. The maximum Gasteiger partial charge on any atom is 0.319 e. The first kappa shape index (κ1) is 15.9. The molecule has 2 unspecified atom stereocenters. The average Bonchev–Trinajstić information content (AvgIpc) is 2.60. The van der Waals surface area contributed by atoms with E-state index in [-0.39, 0.29) is 24.4 Å². The summed E-state index contributed by atoms with van der Waals surface area (Å²) in [7, 11) is 1.61. The molecule has 0 saturated carbocycles. The topological polar surface area (TPSA) is 44.8 Å². The van der Waals surface area contributed by atoms with Gasteiger partial charge in [-0.1, -0.05) is 31.0 Å². The van der Waals surface area contributed by atoms with Crippen molar-refractivity contribution in [2.45, 2.75) is 18.8 Å². The molecule has 2 aromatic rings. The first-order valence-corrected chi connectivity index (χ1v) is 7.70. The van der Waals surface area contributed by atoms with E-state index in [4.69, 9.17) is 20.6 Å². The molecule has 0 spiro atoms. The molecule has 122 valence electrons. The van der Waals surface area contributed by atoms with Gasteiger partial charge in [-0.15, -0.1) is 6.42 Å². The normalized spacial score (nSPS) is 19.0. The molecule has 0 saturated heterocycles. The summed E-state index contributed by atoms with van der Waals surface area (Å²) in [5.74, 6) is 3.67. The van der Waals surface area contributed by atoms with Crippen LogP contribution in [0.1, 0.15) is 29.9 Å². The molecule has 3 rings (SSSR count). The van der Waals surface area contributed by atoms with Crippen molar-refractivity contribution < 1.29 is 19.0 Å². The van der Waals surface area contributed by atoms with E-state index in [2.05, 4.69) is 5.92 Å². The molecule has 4 nitrogen and oxygen atoms in total. The third-order valence-corrected chi connectivity index (χ3v) is 4.24. The van der Waals surface area contributed by atoms with E-state index in [0.717, 1.165) is 16.9 Å². The highest BCUT2D eigenvalue weighted by molar-refractivity contribution is 5.84. The number of rotatable bonds is 4. The number of hydrogen-bond acceptors (Lipinski definition) is 4. The fourth-order valence-corrected chi connectivity index (χ4v) is 2.99. The molecule has 2 atom stereocenters. The fourth-order valence-electron chi connectivity index (χ4n) is 2.99. The largest absolute Gasteiger partial charge is 0.497 e. The van der Waals surface area contributed by atoms with Crippen LogP contribution in [0.2, 0.25) is 0 Å². The molecule has 4 heteroatoms. The van der Waals surface area contributed by atoms with Crippen molar-refractivity contribution in [3.8, 4) is 29.6 Å². The number of methoxy groups -OCH3 is 1. The zero-order valence-electron chi connectivity index (χ0n) is 13.6. The molecule has 0 fully saturated rings. The molecule has 1 aliphatic heterocycles. The maximum absolute atomic E-state index is 12.5. The summed E-state index contributed by atoms with van der Waals surface area (Å²) < 4.78 is 16.1. The van der Waals surface area contributed by atoms with Crippen LogP contribution in [0.5, 0.6) is 17.2 Å². The van der Waals surface area contributed by atoms with Crippen molar-refractivity contribution >= 4 is 5.97 Å². The highest BCUT2D eigenvalue weighted by atomic mass is 16.5. The van der Waals surface area contributed by atoms with E-state index in [1.807, 2.05) is 43.3 Å². The number of benzene rings is 2. The Labute approximate surface area is 141 Å². The van der Waals surface area contributed by atoms with Crippen LogP contribution < -0.4 is 14.2 Å². The van der Waals surface area contributed by atoms with Gasteiger partial charge in [0.2, 0.25) is 0 Å². The van der Waals surface area contributed by atoms with E-state index in [9.17, 15) is 4.79 Å². The van der Waals surface area contributed by atoms with Gasteiger partial charge in [-0.05, 0) is 29.3 Å². The number of esters is 1. The smallest absolute Gasteiger partial charge is 0.319 e. The SMILES string of the molecule is C#CCOc1ccc2c(c1)OC(=O)C(c1ccc(OC)cc1)C2C. The van der Waals surface area contributed by atoms with Gasteiger partial charge < -0.3 is 14.2 Å². The number of hydrogen-bond donors (Lipinski definition) is 0. The molecule has 2 aromatic carbocycles. The number of fused-ring (bicyclic) bond motifs is 1. The predicted molar refractivity (Wildman–Crippen MR) is 90.6 cm³/mol. The summed E-state index contributed by atoms with van der Waals surface area (Å²) in [6.07, 6.45) is 5.19. The summed E-state index contributed by atoms with van der Waals surface area (Å²) in [6.45, 7) is 2.20. The third kappa shape index (κ3) is 2.93. The lowest BCUT2D eigenvalue weighted by Gasteiger charge is -2.30. The van der Waals surface area contributed by atoms with Gasteiger partial charge in [0.15, 0.2) is 0 Å². The fraction of sp³-hybridized carbons (Fsp3) is 0.250. The highest BCUT2D eigenvalue weighted by Crippen LogP contribution is 2.44. The Balaban J connectivity index is 1.90. The maximum atomic E-state index is 12.5. The first-order chi connectivity index (χ1) is 11.6. The van der Waals surface area contributed by atoms with Crippen LogP contribution in [-0.2, 0) is 4.79 Å². The van der Waals surface area contributed by atoms with Crippen molar-refractivity contribution in [3.63, 3.8) is 0 Å². The summed E-state index contributed by atoms with van der Waals surface area (Å²) >= 11 is 0. The summed E-state index contributed by atoms with van der Waals surface area (Å²) in [5.41, 5.74) is 1.88. The number of ether oxygens (including phenoxy) is 3. The van der Waals surface area contributed by atoms with Gasteiger partial charge in [-0.3, -0.25) is 4.79 Å². The Morgan fingerprint density at radius 1 is 1.17 bits per heavy atom. The summed E-state index contributed by atoms with van der Waals surface area (Å²) in [5, 5.41) is 0. The van der Waals surface area contributed by atoms with Crippen LogP contribution >= 0.6 is 0 Å². The molecule has 1 heterocycles. The second-order valence-corrected chi connectivity index (χ2v) is 5.65. The molecule has 0 radical (unpaired) electrons. The van der Waals surface area contributed by atoms with Crippen molar-refractivity contribution in [1.29, 1.82) is 0 Å². The minimum Gasteiger partial charge on any atom is -0.497 e. The van der Waals surface area contributed by atoms with E-state index in [1.165, 1.54) is 0 Å². The standard InChI is InChI=1S/C20H18O4/c1-4-11-23-16-9-10-17-13(2)19(20(21)24-18(17)12-16)14-5-7-15(22-3)8-6-14/h1,5-10,12-13,19H,11H2,2-3H3. The molecule has 0 amide bonds.